The van der Waals surface area contributed by atoms with E-state index >= 15 is 0 Å². The molecular weight excluding hydrogens is 164 g/mol. The molecule has 1 saturated heterocycles. The Morgan fingerprint density at radius 1 is 1.69 bits per heavy atom. The lowest BCUT2D eigenvalue weighted by molar-refractivity contribution is -0.136. The first kappa shape index (κ1) is 10.3. The van der Waals surface area contributed by atoms with Gasteiger partial charge >= 0.3 is 0 Å². The fraction of sp³-hybridized carbons (Fsp3) is 0.700. The first-order chi connectivity index (χ1) is 6.15. The second-order valence-electron chi connectivity index (χ2n) is 3.67. The number of amides is 1. The number of nitrogens with zero attached hydrogens (tertiary/aromatic N) is 2. The summed E-state index contributed by atoms with van der Waals surface area (Å²) >= 11 is 0. The maximum atomic E-state index is 11.4. The van der Waals surface area contributed by atoms with E-state index in [0.29, 0.717) is 12.6 Å². The second-order valence-corrected chi connectivity index (χ2v) is 3.67. The minimum Gasteiger partial charge on any atom is -0.343 e. The molecule has 74 valence electrons. The Morgan fingerprint density at radius 2 is 2.38 bits per heavy atom. The van der Waals surface area contributed by atoms with Crippen LogP contribution in [0.1, 0.15) is 13.3 Å². The molecule has 1 aliphatic rings. The highest BCUT2D eigenvalue weighted by Gasteiger charge is 2.25. The van der Waals surface area contributed by atoms with Crippen LogP contribution in [0.4, 0.5) is 0 Å². The van der Waals surface area contributed by atoms with Gasteiger partial charge in [-0.05, 0) is 13.3 Å². The summed E-state index contributed by atoms with van der Waals surface area (Å²) in [6.45, 7) is 8.19. The standard InChI is InChI=1S/C10H18N2O/c1-4-5-6-12-8-10(13)11(3)7-9(12)2/h4,9H,1,5-8H2,2-3H3. The fourth-order valence-electron chi connectivity index (χ4n) is 1.62. The minimum atomic E-state index is 0.224. The molecule has 0 saturated carbocycles. The molecule has 0 aromatic heterocycles. The van der Waals surface area contributed by atoms with E-state index in [1.165, 1.54) is 0 Å². The third-order valence-corrected chi connectivity index (χ3v) is 2.55. The van der Waals surface area contributed by atoms with Gasteiger partial charge in [-0.15, -0.1) is 6.58 Å². The third-order valence-electron chi connectivity index (χ3n) is 2.55. The Balaban J connectivity index is 2.46. The summed E-state index contributed by atoms with van der Waals surface area (Å²) in [6, 6.07) is 0.475. The van der Waals surface area contributed by atoms with Crippen LogP contribution in [0.25, 0.3) is 0 Å². The lowest BCUT2D eigenvalue weighted by Gasteiger charge is -2.37. The normalized spacial score (nSPS) is 24.9. The van der Waals surface area contributed by atoms with Crippen LogP contribution < -0.4 is 0 Å². The van der Waals surface area contributed by atoms with E-state index < -0.39 is 0 Å². The van der Waals surface area contributed by atoms with Gasteiger partial charge in [-0.25, -0.2) is 0 Å². The lowest BCUT2D eigenvalue weighted by atomic mass is 10.2. The molecule has 0 spiro atoms. The number of rotatable bonds is 3. The number of hydrogen-bond donors (Lipinski definition) is 0. The van der Waals surface area contributed by atoms with E-state index in [4.69, 9.17) is 0 Å². The Bertz CT molecular complexity index is 203. The molecule has 1 amide bonds. The highest BCUT2D eigenvalue weighted by molar-refractivity contribution is 5.78. The van der Waals surface area contributed by atoms with Crippen molar-refractivity contribution in [2.24, 2.45) is 0 Å². The van der Waals surface area contributed by atoms with Gasteiger partial charge in [0.2, 0.25) is 5.91 Å². The van der Waals surface area contributed by atoms with Gasteiger partial charge < -0.3 is 4.90 Å². The summed E-state index contributed by atoms with van der Waals surface area (Å²) in [5.74, 6) is 0.224. The van der Waals surface area contributed by atoms with E-state index in [-0.39, 0.29) is 5.91 Å². The van der Waals surface area contributed by atoms with Gasteiger partial charge in [0.15, 0.2) is 0 Å². The molecule has 0 aromatic rings. The van der Waals surface area contributed by atoms with Crippen molar-refractivity contribution in [3.8, 4) is 0 Å². The minimum absolute atomic E-state index is 0.224. The van der Waals surface area contributed by atoms with Gasteiger partial charge in [0.1, 0.15) is 0 Å². The van der Waals surface area contributed by atoms with Crippen LogP contribution >= 0.6 is 0 Å². The summed E-state index contributed by atoms with van der Waals surface area (Å²) in [5.41, 5.74) is 0. The van der Waals surface area contributed by atoms with E-state index in [9.17, 15) is 4.79 Å². The summed E-state index contributed by atoms with van der Waals surface area (Å²) < 4.78 is 0. The monoisotopic (exact) mass is 182 g/mol. The molecule has 1 fully saturated rings. The molecule has 3 heteroatoms. The molecule has 0 aliphatic carbocycles. The van der Waals surface area contributed by atoms with E-state index in [1.54, 1.807) is 4.90 Å². The van der Waals surface area contributed by atoms with Crippen LogP contribution in [-0.4, -0.2) is 48.4 Å². The highest BCUT2D eigenvalue weighted by atomic mass is 16.2. The molecule has 1 unspecified atom stereocenters. The molecule has 1 heterocycles. The number of carbonyl (C=O) groups excluding carboxylic acids is 1. The van der Waals surface area contributed by atoms with E-state index in [2.05, 4.69) is 18.4 Å². The maximum absolute atomic E-state index is 11.4. The molecule has 0 aromatic carbocycles. The van der Waals surface area contributed by atoms with E-state index in [0.717, 1.165) is 19.5 Å². The summed E-state index contributed by atoms with van der Waals surface area (Å²) in [4.78, 5) is 15.4. The van der Waals surface area contributed by atoms with Crippen molar-refractivity contribution in [2.75, 3.05) is 26.7 Å². The smallest absolute Gasteiger partial charge is 0.236 e. The van der Waals surface area contributed by atoms with Crippen LogP contribution in [0.3, 0.4) is 0 Å². The number of likely N-dealkylation sites (N-methyl/N-ethyl adjacent to an activating group) is 1. The third kappa shape index (κ3) is 2.56. The van der Waals surface area contributed by atoms with Gasteiger partial charge in [0.05, 0.1) is 6.54 Å². The first-order valence-electron chi connectivity index (χ1n) is 4.74. The highest BCUT2D eigenvalue weighted by Crippen LogP contribution is 2.09. The average Bonchev–Trinajstić information content (AvgIpc) is 2.09. The zero-order chi connectivity index (χ0) is 9.84. The Kier molecular flexibility index (Phi) is 3.48. The predicted molar refractivity (Wildman–Crippen MR) is 53.5 cm³/mol. The van der Waals surface area contributed by atoms with Crippen LogP contribution in [0.2, 0.25) is 0 Å². The zero-order valence-electron chi connectivity index (χ0n) is 8.49. The van der Waals surface area contributed by atoms with Crippen molar-refractivity contribution in [1.82, 2.24) is 9.80 Å². The molecular formula is C10H18N2O. The lowest BCUT2D eigenvalue weighted by Crippen LogP contribution is -2.53. The molecule has 1 aliphatic heterocycles. The van der Waals surface area contributed by atoms with Crippen molar-refractivity contribution in [3.05, 3.63) is 12.7 Å². The molecule has 1 rings (SSSR count). The Hall–Kier alpha value is -0.830. The van der Waals surface area contributed by atoms with Crippen LogP contribution in [0.5, 0.6) is 0 Å². The molecule has 0 bridgehead atoms. The van der Waals surface area contributed by atoms with Crippen LogP contribution in [0, 0.1) is 0 Å². The van der Waals surface area contributed by atoms with Gasteiger partial charge in [-0.1, -0.05) is 6.08 Å². The number of piperazine rings is 1. The summed E-state index contributed by atoms with van der Waals surface area (Å²) in [7, 11) is 1.86. The van der Waals surface area contributed by atoms with Gasteiger partial charge in [0.25, 0.3) is 0 Å². The molecule has 13 heavy (non-hydrogen) atoms. The number of hydrogen-bond acceptors (Lipinski definition) is 2. The van der Waals surface area contributed by atoms with Crippen LogP contribution in [0.15, 0.2) is 12.7 Å². The molecule has 3 nitrogen and oxygen atoms in total. The summed E-state index contributed by atoms with van der Waals surface area (Å²) in [5, 5.41) is 0. The Morgan fingerprint density at radius 3 is 3.00 bits per heavy atom. The fourth-order valence-corrected chi connectivity index (χ4v) is 1.62. The predicted octanol–water partition coefficient (Wildman–Crippen LogP) is 0.725. The van der Waals surface area contributed by atoms with Crippen LogP contribution in [-0.2, 0) is 4.79 Å². The SMILES string of the molecule is C=CCCN1CC(=O)N(C)CC1C. The Labute approximate surface area is 80.0 Å². The zero-order valence-corrected chi connectivity index (χ0v) is 8.49. The van der Waals surface area contributed by atoms with E-state index in [1.807, 2.05) is 13.1 Å². The average molecular weight is 182 g/mol. The van der Waals surface area contributed by atoms with Gasteiger partial charge in [-0.3, -0.25) is 9.69 Å². The molecule has 0 radical (unpaired) electrons. The van der Waals surface area contributed by atoms with Crippen molar-refractivity contribution in [2.45, 2.75) is 19.4 Å². The topological polar surface area (TPSA) is 23.6 Å². The largest absolute Gasteiger partial charge is 0.343 e. The first-order valence-corrected chi connectivity index (χ1v) is 4.74. The maximum Gasteiger partial charge on any atom is 0.236 e. The molecule has 0 N–H and O–H groups in total. The van der Waals surface area contributed by atoms with Gasteiger partial charge in [0, 0.05) is 26.2 Å². The number of carbonyl (C=O) groups is 1. The molecule has 1 atom stereocenters. The van der Waals surface area contributed by atoms with Crippen molar-refractivity contribution in [3.63, 3.8) is 0 Å². The van der Waals surface area contributed by atoms with Crippen molar-refractivity contribution in [1.29, 1.82) is 0 Å². The second kappa shape index (κ2) is 4.42. The van der Waals surface area contributed by atoms with Gasteiger partial charge in [-0.2, -0.15) is 0 Å². The van der Waals surface area contributed by atoms with Crippen molar-refractivity contribution >= 4 is 5.91 Å². The quantitative estimate of drug-likeness (QED) is 0.601. The summed E-state index contributed by atoms with van der Waals surface area (Å²) in [6.07, 6.45) is 2.86. The van der Waals surface area contributed by atoms with Crippen molar-refractivity contribution < 1.29 is 4.79 Å².